The van der Waals surface area contributed by atoms with Crippen molar-refractivity contribution in [2.75, 3.05) is 6.61 Å². The SMILES string of the molecule is CC(C)C(N)C(=O)NC(CO)C(=O)NC(C(=O)NC(Cc1cnc[nH]1)C(=O)O)C(C)O. The highest BCUT2D eigenvalue weighted by atomic mass is 16.4. The minimum atomic E-state index is -1.54. The monoisotopic (exact) mass is 442 g/mol. The van der Waals surface area contributed by atoms with Gasteiger partial charge in [-0.2, -0.15) is 0 Å². The molecule has 31 heavy (non-hydrogen) atoms. The number of nitrogens with one attached hydrogen (secondary N) is 4. The predicted octanol–water partition coefficient (Wildman–Crippen LogP) is -3.15. The van der Waals surface area contributed by atoms with E-state index in [1.807, 2.05) is 0 Å². The first kappa shape index (κ1) is 26.0. The van der Waals surface area contributed by atoms with E-state index in [9.17, 15) is 34.5 Å². The van der Waals surface area contributed by atoms with Crippen LogP contribution in [0.4, 0.5) is 0 Å². The minimum absolute atomic E-state index is 0.107. The molecule has 0 saturated carbocycles. The van der Waals surface area contributed by atoms with Gasteiger partial charge in [-0.15, -0.1) is 0 Å². The van der Waals surface area contributed by atoms with Crippen LogP contribution in [-0.4, -0.2) is 85.9 Å². The molecule has 0 aliphatic rings. The number of carbonyl (C=O) groups is 4. The fraction of sp³-hybridized carbons (Fsp3) is 0.611. The van der Waals surface area contributed by atoms with Crippen molar-refractivity contribution in [2.24, 2.45) is 11.7 Å². The Labute approximate surface area is 178 Å². The molecule has 0 aliphatic carbocycles. The van der Waals surface area contributed by atoms with E-state index in [1.54, 1.807) is 13.8 Å². The molecule has 5 unspecified atom stereocenters. The number of carboxylic acids is 1. The maximum Gasteiger partial charge on any atom is 0.326 e. The Morgan fingerprint density at radius 3 is 2.13 bits per heavy atom. The molecule has 3 amide bonds. The largest absolute Gasteiger partial charge is 0.480 e. The van der Waals surface area contributed by atoms with Crippen LogP contribution < -0.4 is 21.7 Å². The molecule has 5 atom stereocenters. The van der Waals surface area contributed by atoms with Crippen molar-refractivity contribution in [2.45, 2.75) is 57.5 Å². The van der Waals surface area contributed by atoms with Gasteiger partial charge < -0.3 is 42.0 Å². The van der Waals surface area contributed by atoms with Crippen molar-refractivity contribution in [1.82, 2.24) is 25.9 Å². The second kappa shape index (κ2) is 12.0. The number of aliphatic carboxylic acids is 1. The molecular formula is C18H30N6O7. The summed E-state index contributed by atoms with van der Waals surface area (Å²) in [5, 5.41) is 35.5. The summed E-state index contributed by atoms with van der Waals surface area (Å²) in [4.78, 5) is 55.0. The van der Waals surface area contributed by atoms with Crippen LogP contribution in [0.2, 0.25) is 0 Å². The molecule has 0 radical (unpaired) electrons. The number of nitrogens with zero attached hydrogens (tertiary/aromatic N) is 1. The van der Waals surface area contributed by atoms with E-state index in [1.165, 1.54) is 19.4 Å². The highest BCUT2D eigenvalue weighted by Crippen LogP contribution is 2.03. The minimum Gasteiger partial charge on any atom is -0.480 e. The first-order chi connectivity index (χ1) is 14.5. The fourth-order valence-electron chi connectivity index (χ4n) is 2.50. The lowest BCUT2D eigenvalue weighted by Gasteiger charge is -2.26. The Balaban J connectivity index is 2.84. The van der Waals surface area contributed by atoms with Crippen LogP contribution >= 0.6 is 0 Å². The molecule has 0 bridgehead atoms. The highest BCUT2D eigenvalue weighted by molar-refractivity contribution is 5.94. The molecule has 1 heterocycles. The Kier molecular flexibility index (Phi) is 10.0. The highest BCUT2D eigenvalue weighted by Gasteiger charge is 2.33. The van der Waals surface area contributed by atoms with E-state index in [2.05, 4.69) is 25.9 Å². The Bertz CT molecular complexity index is 753. The van der Waals surface area contributed by atoms with Gasteiger partial charge >= 0.3 is 5.97 Å². The summed E-state index contributed by atoms with van der Waals surface area (Å²) < 4.78 is 0. The second-order valence-electron chi connectivity index (χ2n) is 7.42. The molecule has 0 saturated heterocycles. The lowest BCUT2D eigenvalue weighted by atomic mass is 10.0. The molecular weight excluding hydrogens is 412 g/mol. The van der Waals surface area contributed by atoms with E-state index in [4.69, 9.17) is 5.73 Å². The third kappa shape index (κ3) is 7.96. The van der Waals surface area contributed by atoms with Gasteiger partial charge in [0.25, 0.3) is 0 Å². The molecule has 174 valence electrons. The molecule has 0 aromatic carbocycles. The second-order valence-corrected chi connectivity index (χ2v) is 7.42. The van der Waals surface area contributed by atoms with Crippen molar-refractivity contribution >= 4 is 23.7 Å². The Hall–Kier alpha value is -3.03. The predicted molar refractivity (Wildman–Crippen MR) is 107 cm³/mol. The lowest BCUT2D eigenvalue weighted by Crippen LogP contribution is -2.61. The topological polar surface area (TPSA) is 220 Å². The first-order valence-corrected chi connectivity index (χ1v) is 9.63. The molecule has 0 fully saturated rings. The van der Waals surface area contributed by atoms with E-state index in [0.29, 0.717) is 5.69 Å². The van der Waals surface area contributed by atoms with Gasteiger partial charge in [-0.05, 0) is 12.8 Å². The molecule has 0 aliphatic heterocycles. The number of carbonyl (C=O) groups excluding carboxylic acids is 3. The third-order valence-electron chi connectivity index (χ3n) is 4.49. The van der Waals surface area contributed by atoms with Crippen molar-refractivity contribution in [1.29, 1.82) is 0 Å². The number of aliphatic hydroxyl groups is 2. The number of hydrogen-bond donors (Lipinski definition) is 8. The van der Waals surface area contributed by atoms with Crippen LogP contribution in [0, 0.1) is 5.92 Å². The number of H-pyrrole nitrogens is 1. The van der Waals surface area contributed by atoms with Gasteiger partial charge in [-0.3, -0.25) is 14.4 Å². The number of nitrogens with two attached hydrogens (primary N) is 1. The van der Waals surface area contributed by atoms with Crippen LogP contribution in [0.5, 0.6) is 0 Å². The quantitative estimate of drug-likeness (QED) is 0.163. The van der Waals surface area contributed by atoms with Crippen molar-refractivity contribution < 1.29 is 34.5 Å². The maximum absolute atomic E-state index is 12.5. The van der Waals surface area contributed by atoms with Crippen LogP contribution in [-0.2, 0) is 25.6 Å². The van der Waals surface area contributed by atoms with Crippen LogP contribution in [0.25, 0.3) is 0 Å². The van der Waals surface area contributed by atoms with Crippen LogP contribution in [0.1, 0.15) is 26.5 Å². The average Bonchev–Trinajstić information content (AvgIpc) is 3.21. The zero-order valence-corrected chi connectivity index (χ0v) is 17.5. The smallest absolute Gasteiger partial charge is 0.326 e. The summed E-state index contributed by atoms with van der Waals surface area (Å²) in [5.41, 5.74) is 6.16. The molecule has 1 rings (SSSR count). The van der Waals surface area contributed by atoms with Gasteiger partial charge in [0.1, 0.15) is 18.1 Å². The molecule has 1 aromatic rings. The zero-order valence-electron chi connectivity index (χ0n) is 17.5. The van der Waals surface area contributed by atoms with Crippen molar-refractivity contribution in [3.05, 3.63) is 18.2 Å². The maximum atomic E-state index is 12.5. The third-order valence-corrected chi connectivity index (χ3v) is 4.49. The van der Waals surface area contributed by atoms with Crippen LogP contribution in [0.15, 0.2) is 12.5 Å². The molecule has 1 aromatic heterocycles. The van der Waals surface area contributed by atoms with E-state index in [0.717, 1.165) is 0 Å². The van der Waals surface area contributed by atoms with E-state index >= 15 is 0 Å². The normalized spacial score (nSPS) is 16.0. The summed E-state index contributed by atoms with van der Waals surface area (Å²) in [6.45, 7) is 3.84. The summed E-state index contributed by atoms with van der Waals surface area (Å²) in [6, 6.07) is -5.24. The molecule has 13 heteroatoms. The van der Waals surface area contributed by atoms with Crippen molar-refractivity contribution in [3.63, 3.8) is 0 Å². The Morgan fingerprint density at radius 2 is 1.68 bits per heavy atom. The molecule has 13 nitrogen and oxygen atoms in total. The number of aromatic amines is 1. The van der Waals surface area contributed by atoms with Gasteiger partial charge in [0.05, 0.1) is 25.1 Å². The number of amides is 3. The van der Waals surface area contributed by atoms with Gasteiger partial charge in [-0.1, -0.05) is 13.8 Å². The number of imidazole rings is 1. The zero-order chi connectivity index (χ0) is 23.7. The number of hydrogen-bond acceptors (Lipinski definition) is 8. The standard InChI is InChI=1S/C18H30N6O7/c1-8(2)13(19)16(28)23-12(6-25)15(27)24-14(9(3)26)17(29)22-11(18(30)31)4-10-5-20-7-21-10/h5,7-9,11-14,25-26H,4,6,19H2,1-3H3,(H,20,21)(H,22,29)(H,23,28)(H,24,27)(H,30,31). The summed E-state index contributed by atoms with van der Waals surface area (Å²) in [7, 11) is 0. The lowest BCUT2D eigenvalue weighted by molar-refractivity contribution is -0.143. The average molecular weight is 442 g/mol. The number of aliphatic hydroxyl groups excluding tert-OH is 2. The van der Waals surface area contributed by atoms with Gasteiger partial charge in [0.15, 0.2) is 0 Å². The fourth-order valence-corrected chi connectivity index (χ4v) is 2.50. The number of aromatic nitrogens is 2. The van der Waals surface area contributed by atoms with Gasteiger partial charge in [0, 0.05) is 18.3 Å². The van der Waals surface area contributed by atoms with E-state index in [-0.39, 0.29) is 12.3 Å². The summed E-state index contributed by atoms with van der Waals surface area (Å²) in [5.74, 6) is -4.14. The Morgan fingerprint density at radius 1 is 1.06 bits per heavy atom. The first-order valence-electron chi connectivity index (χ1n) is 9.63. The van der Waals surface area contributed by atoms with E-state index < -0.39 is 60.6 Å². The number of rotatable bonds is 12. The van der Waals surface area contributed by atoms with Gasteiger partial charge in [-0.25, -0.2) is 9.78 Å². The van der Waals surface area contributed by atoms with Crippen LogP contribution in [0.3, 0.4) is 0 Å². The molecule has 9 N–H and O–H groups in total. The number of carboxylic acid groups (broad SMARTS) is 1. The summed E-state index contributed by atoms with van der Waals surface area (Å²) >= 11 is 0. The van der Waals surface area contributed by atoms with Crippen molar-refractivity contribution in [3.8, 4) is 0 Å². The molecule has 0 spiro atoms. The van der Waals surface area contributed by atoms with Gasteiger partial charge in [0.2, 0.25) is 17.7 Å². The summed E-state index contributed by atoms with van der Waals surface area (Å²) in [6.07, 6.45) is 1.23.